The number of H-pyrrole nitrogens is 1. The fraction of sp³-hybridized carbons (Fsp3) is 0.533. The zero-order chi connectivity index (χ0) is 16.7. The highest BCUT2D eigenvalue weighted by Gasteiger charge is 2.25. The number of hydrogen-bond donors (Lipinski definition) is 2. The van der Waals surface area contributed by atoms with Crippen molar-refractivity contribution < 1.29 is 4.90 Å². The molecule has 2 N–H and O–H groups in total. The van der Waals surface area contributed by atoms with Gasteiger partial charge in [0, 0.05) is 13.6 Å². The summed E-state index contributed by atoms with van der Waals surface area (Å²) in [6.07, 6.45) is 0. The van der Waals surface area contributed by atoms with E-state index in [4.69, 9.17) is 0 Å². The van der Waals surface area contributed by atoms with Gasteiger partial charge in [-0.3, -0.25) is 14.3 Å². The Hall–Kier alpha value is -2.35. The number of likely N-dealkylation sites (N-methyl/N-ethyl adjacent to an activating group) is 1. The molecule has 0 bridgehead atoms. The van der Waals surface area contributed by atoms with Crippen LogP contribution in [0, 0.1) is 0 Å². The number of quaternary nitrogens is 1. The monoisotopic (exact) mass is 319 g/mol. The molecule has 3 heterocycles. The number of imidazole rings is 1. The van der Waals surface area contributed by atoms with E-state index in [0.29, 0.717) is 17.7 Å². The van der Waals surface area contributed by atoms with Crippen LogP contribution in [0.25, 0.3) is 11.2 Å². The van der Waals surface area contributed by atoms with Crippen LogP contribution in [0.2, 0.25) is 0 Å². The number of piperazine rings is 1. The normalized spacial score (nSPS) is 16.2. The van der Waals surface area contributed by atoms with Gasteiger partial charge in [-0.25, -0.2) is 4.79 Å². The van der Waals surface area contributed by atoms with Crippen LogP contribution in [0.15, 0.2) is 21.7 Å². The predicted molar refractivity (Wildman–Crippen MR) is 89.2 cm³/mol. The molecule has 8 nitrogen and oxygen atoms in total. The number of rotatable bonds is 3. The smallest absolute Gasteiger partial charge is 0.329 e. The molecule has 1 aliphatic heterocycles. The van der Waals surface area contributed by atoms with E-state index in [-0.39, 0.29) is 0 Å². The average molecular weight is 319 g/mol. The average Bonchev–Trinajstić information content (AvgIpc) is 2.85. The maximum absolute atomic E-state index is 12.3. The maximum Gasteiger partial charge on any atom is 0.329 e. The first kappa shape index (κ1) is 15.5. The molecule has 3 rings (SSSR count). The van der Waals surface area contributed by atoms with E-state index in [2.05, 4.69) is 28.5 Å². The molecule has 23 heavy (non-hydrogen) atoms. The second-order valence-electron chi connectivity index (χ2n) is 6.39. The second kappa shape index (κ2) is 5.69. The van der Waals surface area contributed by atoms with Crippen molar-refractivity contribution in [3.63, 3.8) is 0 Å². The molecule has 1 aliphatic rings. The van der Waals surface area contributed by atoms with Crippen molar-refractivity contribution in [3.05, 3.63) is 33.0 Å². The quantitative estimate of drug-likeness (QED) is 0.663. The Bertz CT molecular complexity index is 866. The van der Waals surface area contributed by atoms with Gasteiger partial charge in [0.25, 0.3) is 5.56 Å². The Balaban J connectivity index is 2.22. The minimum atomic E-state index is -0.447. The Kier molecular flexibility index (Phi) is 3.85. The molecule has 0 spiro atoms. The van der Waals surface area contributed by atoms with E-state index >= 15 is 0 Å². The van der Waals surface area contributed by atoms with Crippen molar-refractivity contribution in [2.24, 2.45) is 7.05 Å². The second-order valence-corrected chi connectivity index (χ2v) is 6.39. The van der Waals surface area contributed by atoms with Crippen molar-refractivity contribution >= 4 is 17.1 Å². The lowest BCUT2D eigenvalue weighted by Gasteiger charge is -2.31. The predicted octanol–water partition coefficient (Wildman–Crippen LogP) is -1.67. The highest BCUT2D eigenvalue weighted by Crippen LogP contribution is 2.20. The summed E-state index contributed by atoms with van der Waals surface area (Å²) in [7, 11) is 3.79. The lowest BCUT2D eigenvalue weighted by atomic mass is 10.3. The molecular weight excluding hydrogens is 296 g/mol. The van der Waals surface area contributed by atoms with Crippen LogP contribution in [0.3, 0.4) is 0 Å². The summed E-state index contributed by atoms with van der Waals surface area (Å²) in [5.41, 5.74) is 0.927. The molecule has 2 aromatic rings. The van der Waals surface area contributed by atoms with Gasteiger partial charge >= 0.3 is 5.69 Å². The van der Waals surface area contributed by atoms with Crippen LogP contribution >= 0.6 is 0 Å². The number of nitrogens with zero attached hydrogens (tertiary/aromatic N) is 4. The first-order valence-corrected chi connectivity index (χ1v) is 7.78. The van der Waals surface area contributed by atoms with Crippen molar-refractivity contribution in [3.8, 4) is 0 Å². The van der Waals surface area contributed by atoms with Crippen LogP contribution < -0.4 is 21.0 Å². The molecule has 0 saturated carbocycles. The molecule has 124 valence electrons. The first-order valence-electron chi connectivity index (χ1n) is 7.78. The van der Waals surface area contributed by atoms with E-state index in [0.717, 1.165) is 37.7 Å². The number of aryl methyl sites for hydroxylation is 1. The third-order valence-electron chi connectivity index (χ3n) is 4.31. The summed E-state index contributed by atoms with van der Waals surface area (Å²) < 4.78 is 3.26. The van der Waals surface area contributed by atoms with Crippen LogP contribution in [0.1, 0.15) is 6.92 Å². The van der Waals surface area contributed by atoms with Gasteiger partial charge in [-0.2, -0.15) is 4.98 Å². The summed E-state index contributed by atoms with van der Waals surface area (Å²) in [5.74, 6) is 0.738. The van der Waals surface area contributed by atoms with Crippen molar-refractivity contribution in [2.75, 3.05) is 38.1 Å². The van der Waals surface area contributed by atoms with E-state index in [1.165, 1.54) is 9.47 Å². The van der Waals surface area contributed by atoms with E-state index < -0.39 is 11.2 Å². The van der Waals surface area contributed by atoms with Gasteiger partial charge in [-0.05, 0) is 6.92 Å². The van der Waals surface area contributed by atoms with E-state index in [9.17, 15) is 9.59 Å². The first-order chi connectivity index (χ1) is 10.9. The lowest BCUT2D eigenvalue weighted by Crippen LogP contribution is -3.12. The van der Waals surface area contributed by atoms with Crippen LogP contribution in [0.5, 0.6) is 0 Å². The maximum atomic E-state index is 12.3. The molecule has 1 fully saturated rings. The summed E-state index contributed by atoms with van der Waals surface area (Å²) in [4.78, 5) is 34.8. The van der Waals surface area contributed by atoms with Crippen LogP contribution in [-0.2, 0) is 13.6 Å². The fourth-order valence-corrected chi connectivity index (χ4v) is 2.97. The zero-order valence-electron chi connectivity index (χ0n) is 13.8. The molecule has 0 amide bonds. The largest absolute Gasteiger partial charge is 0.334 e. The Morgan fingerprint density at radius 1 is 1.35 bits per heavy atom. The number of fused-ring (bicyclic) bond motifs is 1. The fourth-order valence-electron chi connectivity index (χ4n) is 2.97. The standard InChI is InChI=1S/C15H22N6O2/c1-10(2)9-21-11-12(19(4)15(23)17-13(11)22)16-14(21)20-7-5-18(3)6-8-20/h1,5-9H2,2-4H3,(H,17,22,23)/p+1. The number of aromatic amines is 1. The molecular formula is C15H23N6O2+. The minimum Gasteiger partial charge on any atom is -0.334 e. The molecule has 0 aliphatic carbocycles. The van der Waals surface area contributed by atoms with Gasteiger partial charge < -0.3 is 14.4 Å². The van der Waals surface area contributed by atoms with Crippen molar-refractivity contribution in [1.29, 1.82) is 0 Å². The number of nitrogens with one attached hydrogen (secondary N) is 2. The SMILES string of the molecule is C=C(C)Cn1c(N2CC[NH+](C)CC2)nc2c1c(=O)[nH]c(=O)n2C. The van der Waals surface area contributed by atoms with E-state index in [1.54, 1.807) is 7.05 Å². The van der Waals surface area contributed by atoms with Gasteiger partial charge in [0.15, 0.2) is 11.2 Å². The number of anilines is 1. The molecule has 0 radical (unpaired) electrons. The number of hydrogen-bond acceptors (Lipinski definition) is 4. The van der Waals surface area contributed by atoms with Crippen LogP contribution in [0.4, 0.5) is 5.95 Å². The van der Waals surface area contributed by atoms with Gasteiger partial charge in [-0.15, -0.1) is 0 Å². The van der Waals surface area contributed by atoms with E-state index in [1.807, 2.05) is 11.5 Å². The summed E-state index contributed by atoms with van der Waals surface area (Å²) in [6.45, 7) is 10.2. The van der Waals surface area contributed by atoms with Gasteiger partial charge in [-0.1, -0.05) is 12.2 Å². The van der Waals surface area contributed by atoms with Crippen molar-refractivity contribution in [1.82, 2.24) is 19.1 Å². The molecule has 0 atom stereocenters. The number of aromatic nitrogens is 4. The third kappa shape index (κ3) is 2.70. The highest BCUT2D eigenvalue weighted by molar-refractivity contribution is 5.74. The summed E-state index contributed by atoms with van der Waals surface area (Å²) in [5, 5.41) is 0. The van der Waals surface area contributed by atoms with Gasteiger partial charge in [0.1, 0.15) is 0 Å². The summed E-state index contributed by atoms with van der Waals surface area (Å²) >= 11 is 0. The van der Waals surface area contributed by atoms with Gasteiger partial charge in [0.05, 0.1) is 33.2 Å². The molecule has 2 aromatic heterocycles. The minimum absolute atomic E-state index is 0.400. The Labute approximate surface area is 133 Å². The Morgan fingerprint density at radius 2 is 2.00 bits per heavy atom. The summed E-state index contributed by atoms with van der Waals surface area (Å²) in [6, 6.07) is 0. The zero-order valence-corrected chi connectivity index (χ0v) is 13.8. The third-order valence-corrected chi connectivity index (χ3v) is 4.31. The lowest BCUT2D eigenvalue weighted by molar-refractivity contribution is -0.880. The highest BCUT2D eigenvalue weighted by atomic mass is 16.2. The molecule has 0 unspecified atom stereocenters. The molecule has 8 heteroatoms. The number of allylic oxidation sites excluding steroid dienone is 1. The van der Waals surface area contributed by atoms with Crippen molar-refractivity contribution in [2.45, 2.75) is 13.5 Å². The van der Waals surface area contributed by atoms with Crippen LogP contribution in [-0.4, -0.2) is 52.3 Å². The van der Waals surface area contributed by atoms with Gasteiger partial charge in [0.2, 0.25) is 5.95 Å². The topological polar surface area (TPSA) is 80.4 Å². The molecule has 1 saturated heterocycles. The molecule has 0 aromatic carbocycles. The Morgan fingerprint density at radius 3 is 2.61 bits per heavy atom.